The molecular weight excluding hydrogens is 158 g/mol. The van der Waals surface area contributed by atoms with Gasteiger partial charge in [-0.3, -0.25) is 9.69 Å². The van der Waals surface area contributed by atoms with Crippen molar-refractivity contribution in [2.24, 2.45) is 5.92 Å². The summed E-state index contributed by atoms with van der Waals surface area (Å²) in [7, 11) is 0. The van der Waals surface area contributed by atoms with Gasteiger partial charge in [0.25, 0.3) is 0 Å². The Morgan fingerprint density at radius 3 is 2.25 bits per heavy atom. The van der Waals surface area contributed by atoms with Gasteiger partial charge in [0, 0.05) is 13.1 Å². The first-order chi connectivity index (χ1) is 5.52. The molecule has 1 rings (SSSR count). The van der Waals surface area contributed by atoms with Crippen LogP contribution in [0.15, 0.2) is 0 Å². The van der Waals surface area contributed by atoms with Gasteiger partial charge in [-0.15, -0.1) is 0 Å². The summed E-state index contributed by atoms with van der Waals surface area (Å²) in [4.78, 5) is 12.5. The summed E-state index contributed by atoms with van der Waals surface area (Å²) in [6.45, 7) is 4.75. The molecule has 1 aliphatic heterocycles. The number of hydrogen-bond acceptors (Lipinski definition) is 3. The number of nitrogens with zero attached hydrogens (tertiary/aromatic N) is 1. The number of rotatable bonds is 3. The minimum atomic E-state index is -0.795. The number of aliphatic hydroxyl groups is 1. The highest BCUT2D eigenvalue weighted by Crippen LogP contribution is 2.18. The van der Waals surface area contributed by atoms with Crippen molar-refractivity contribution in [2.75, 3.05) is 13.1 Å². The second kappa shape index (κ2) is 3.41. The van der Waals surface area contributed by atoms with Crippen LogP contribution < -0.4 is 0 Å². The molecule has 0 spiro atoms. The van der Waals surface area contributed by atoms with E-state index in [-0.39, 0.29) is 12.0 Å². The number of aliphatic hydroxyl groups excluding tert-OH is 1. The van der Waals surface area contributed by atoms with E-state index in [1.165, 1.54) is 0 Å². The van der Waals surface area contributed by atoms with Crippen LogP contribution in [0.3, 0.4) is 0 Å². The third-order valence-electron chi connectivity index (χ3n) is 2.17. The number of aliphatic carboxylic acids is 1. The summed E-state index contributed by atoms with van der Waals surface area (Å²) in [5, 5.41) is 17.8. The van der Waals surface area contributed by atoms with Crippen molar-refractivity contribution in [1.29, 1.82) is 0 Å². The molecular formula is C8H15NO3. The first kappa shape index (κ1) is 9.48. The average molecular weight is 173 g/mol. The molecule has 0 amide bonds. The van der Waals surface area contributed by atoms with Crippen LogP contribution in [0.5, 0.6) is 0 Å². The van der Waals surface area contributed by atoms with E-state index in [1.54, 1.807) is 4.90 Å². The Hall–Kier alpha value is -0.610. The second-order valence-electron chi connectivity index (χ2n) is 3.63. The Kier molecular flexibility index (Phi) is 2.69. The van der Waals surface area contributed by atoms with Gasteiger partial charge in [0.15, 0.2) is 0 Å². The monoisotopic (exact) mass is 173 g/mol. The van der Waals surface area contributed by atoms with Crippen LogP contribution in [-0.2, 0) is 4.79 Å². The number of likely N-dealkylation sites (tertiary alicyclic amines) is 1. The highest BCUT2D eigenvalue weighted by atomic mass is 16.4. The van der Waals surface area contributed by atoms with E-state index in [9.17, 15) is 4.79 Å². The number of carboxylic acid groups (broad SMARTS) is 1. The third kappa shape index (κ3) is 1.76. The maximum atomic E-state index is 10.8. The smallest absolute Gasteiger partial charge is 0.321 e. The van der Waals surface area contributed by atoms with Gasteiger partial charge in [-0.25, -0.2) is 0 Å². The van der Waals surface area contributed by atoms with Gasteiger partial charge < -0.3 is 10.2 Å². The Morgan fingerprint density at radius 2 is 2.00 bits per heavy atom. The van der Waals surface area contributed by atoms with Crippen molar-refractivity contribution in [2.45, 2.75) is 26.0 Å². The minimum Gasteiger partial charge on any atom is -0.480 e. The molecule has 1 atom stereocenters. The fourth-order valence-corrected chi connectivity index (χ4v) is 1.58. The summed E-state index contributed by atoms with van der Waals surface area (Å²) in [6, 6.07) is -0.437. The fourth-order valence-electron chi connectivity index (χ4n) is 1.58. The molecule has 0 bridgehead atoms. The zero-order chi connectivity index (χ0) is 9.30. The standard InChI is InChI=1S/C8H15NO3/c1-5(2)7(8(11)12)9-3-6(10)4-9/h5-7,10H,3-4H2,1-2H3,(H,11,12). The van der Waals surface area contributed by atoms with Gasteiger partial charge in [-0.2, -0.15) is 0 Å². The van der Waals surface area contributed by atoms with Crippen molar-refractivity contribution in [3.05, 3.63) is 0 Å². The lowest BCUT2D eigenvalue weighted by atomic mass is 9.98. The van der Waals surface area contributed by atoms with Gasteiger partial charge in [-0.05, 0) is 5.92 Å². The lowest BCUT2D eigenvalue weighted by molar-refractivity contribution is -0.150. The van der Waals surface area contributed by atoms with Crippen LogP contribution >= 0.6 is 0 Å². The number of β-amino-alcohol motifs (C(OH)–C–C–N with tert-alkyl or cyclic N) is 1. The molecule has 0 aliphatic carbocycles. The summed E-state index contributed by atoms with van der Waals surface area (Å²) in [5.74, 6) is -0.702. The largest absolute Gasteiger partial charge is 0.480 e. The SMILES string of the molecule is CC(C)C(C(=O)O)N1CC(O)C1. The van der Waals surface area contributed by atoms with E-state index in [0.29, 0.717) is 13.1 Å². The van der Waals surface area contributed by atoms with E-state index in [0.717, 1.165) is 0 Å². The average Bonchev–Trinajstić information content (AvgIpc) is 1.82. The summed E-state index contributed by atoms with van der Waals surface area (Å²) >= 11 is 0. The Bertz CT molecular complexity index is 175. The molecule has 4 heteroatoms. The molecule has 0 saturated carbocycles. The van der Waals surface area contributed by atoms with Gasteiger partial charge in [0.1, 0.15) is 6.04 Å². The van der Waals surface area contributed by atoms with Gasteiger partial charge in [-0.1, -0.05) is 13.8 Å². The number of carboxylic acids is 1. The lowest BCUT2D eigenvalue weighted by Crippen LogP contribution is -2.59. The predicted octanol–water partition coefficient (Wildman–Crippen LogP) is -0.228. The Labute approximate surface area is 71.8 Å². The highest BCUT2D eigenvalue weighted by molar-refractivity contribution is 5.74. The van der Waals surface area contributed by atoms with E-state index in [4.69, 9.17) is 10.2 Å². The van der Waals surface area contributed by atoms with E-state index in [1.807, 2.05) is 13.8 Å². The first-order valence-corrected chi connectivity index (χ1v) is 4.17. The van der Waals surface area contributed by atoms with Crippen molar-refractivity contribution in [1.82, 2.24) is 4.90 Å². The van der Waals surface area contributed by atoms with Crippen LogP contribution in [-0.4, -0.2) is 46.3 Å². The molecule has 0 aromatic heterocycles. The van der Waals surface area contributed by atoms with Crippen LogP contribution in [0.4, 0.5) is 0 Å². The number of carbonyl (C=O) groups is 1. The van der Waals surface area contributed by atoms with E-state index >= 15 is 0 Å². The summed E-state index contributed by atoms with van der Waals surface area (Å²) in [6.07, 6.45) is -0.328. The third-order valence-corrected chi connectivity index (χ3v) is 2.17. The second-order valence-corrected chi connectivity index (χ2v) is 3.63. The molecule has 1 unspecified atom stereocenters. The highest BCUT2D eigenvalue weighted by Gasteiger charge is 2.36. The Balaban J connectivity index is 2.50. The molecule has 70 valence electrons. The quantitative estimate of drug-likeness (QED) is 0.619. The molecule has 0 aromatic carbocycles. The molecule has 12 heavy (non-hydrogen) atoms. The summed E-state index contributed by atoms with van der Waals surface area (Å²) in [5.41, 5.74) is 0. The maximum Gasteiger partial charge on any atom is 0.321 e. The van der Waals surface area contributed by atoms with E-state index < -0.39 is 12.0 Å². The predicted molar refractivity (Wildman–Crippen MR) is 43.8 cm³/mol. The van der Waals surface area contributed by atoms with Crippen molar-refractivity contribution < 1.29 is 15.0 Å². The zero-order valence-corrected chi connectivity index (χ0v) is 7.40. The van der Waals surface area contributed by atoms with Gasteiger partial charge >= 0.3 is 5.97 Å². The van der Waals surface area contributed by atoms with Crippen molar-refractivity contribution in [3.63, 3.8) is 0 Å². The minimum absolute atomic E-state index is 0.0926. The van der Waals surface area contributed by atoms with Crippen LogP contribution in [0.25, 0.3) is 0 Å². The Morgan fingerprint density at radius 1 is 1.50 bits per heavy atom. The van der Waals surface area contributed by atoms with Crippen molar-refractivity contribution >= 4 is 5.97 Å². The van der Waals surface area contributed by atoms with Crippen LogP contribution in [0.1, 0.15) is 13.8 Å². The molecule has 1 fully saturated rings. The van der Waals surface area contributed by atoms with Crippen LogP contribution in [0.2, 0.25) is 0 Å². The van der Waals surface area contributed by atoms with E-state index in [2.05, 4.69) is 0 Å². The normalized spacial score (nSPS) is 22.3. The fraction of sp³-hybridized carbons (Fsp3) is 0.875. The van der Waals surface area contributed by atoms with Crippen molar-refractivity contribution in [3.8, 4) is 0 Å². The maximum absolute atomic E-state index is 10.8. The van der Waals surface area contributed by atoms with Gasteiger partial charge in [0.2, 0.25) is 0 Å². The molecule has 1 heterocycles. The molecule has 1 aliphatic rings. The van der Waals surface area contributed by atoms with Gasteiger partial charge in [0.05, 0.1) is 6.10 Å². The van der Waals surface area contributed by atoms with Crippen LogP contribution in [0, 0.1) is 5.92 Å². The molecule has 2 N–H and O–H groups in total. The molecule has 4 nitrogen and oxygen atoms in total. The molecule has 0 aromatic rings. The summed E-state index contributed by atoms with van der Waals surface area (Å²) < 4.78 is 0. The molecule has 1 saturated heterocycles. The molecule has 0 radical (unpaired) electrons. The zero-order valence-electron chi connectivity index (χ0n) is 7.40. The first-order valence-electron chi connectivity index (χ1n) is 4.17. The number of hydrogen-bond donors (Lipinski definition) is 2. The topological polar surface area (TPSA) is 60.8 Å². The lowest BCUT2D eigenvalue weighted by Gasteiger charge is -2.41.